The Kier molecular flexibility index (Phi) is 2.30. The number of hydrogen-bond acceptors (Lipinski definition) is 2. The van der Waals surface area contributed by atoms with E-state index in [9.17, 15) is 4.79 Å². The molecule has 2 nitrogen and oxygen atoms in total. The number of amides is 1. The summed E-state index contributed by atoms with van der Waals surface area (Å²) in [5.74, 6) is 2.99. The number of nitrogens with zero attached hydrogens (tertiary/aromatic N) is 1. The van der Waals surface area contributed by atoms with Crippen molar-refractivity contribution in [2.45, 2.75) is 26.7 Å². The number of hydrogen-bond donors (Lipinski definition) is 0. The van der Waals surface area contributed by atoms with Crippen molar-refractivity contribution >= 4 is 17.7 Å². The lowest BCUT2D eigenvalue weighted by molar-refractivity contribution is -0.137. The van der Waals surface area contributed by atoms with Crippen molar-refractivity contribution in [3.05, 3.63) is 0 Å². The quantitative estimate of drug-likeness (QED) is 0.677. The molecule has 1 saturated carbocycles. The summed E-state index contributed by atoms with van der Waals surface area (Å²) in [5.41, 5.74) is 0.0465. The lowest BCUT2D eigenvalue weighted by Gasteiger charge is -2.24. The molecule has 1 saturated heterocycles. The summed E-state index contributed by atoms with van der Waals surface area (Å²) in [7, 11) is 0. The second-order valence-corrected chi connectivity index (χ2v) is 5.49. The van der Waals surface area contributed by atoms with Gasteiger partial charge in [-0.2, -0.15) is 0 Å². The summed E-state index contributed by atoms with van der Waals surface area (Å²) in [6, 6.07) is 0. The van der Waals surface area contributed by atoms with E-state index >= 15 is 0 Å². The van der Waals surface area contributed by atoms with Crippen LogP contribution in [0.2, 0.25) is 0 Å². The van der Waals surface area contributed by atoms with Gasteiger partial charge in [-0.3, -0.25) is 4.79 Å². The lowest BCUT2D eigenvalue weighted by atomic mass is 9.91. The Bertz CT molecular complexity index is 217. The monoisotopic (exact) mass is 199 g/mol. The van der Waals surface area contributed by atoms with Gasteiger partial charge in [-0.15, -0.1) is 11.8 Å². The van der Waals surface area contributed by atoms with Crippen LogP contribution in [-0.4, -0.2) is 29.0 Å². The van der Waals surface area contributed by atoms with E-state index < -0.39 is 0 Å². The van der Waals surface area contributed by atoms with Gasteiger partial charge in [0, 0.05) is 12.3 Å². The van der Waals surface area contributed by atoms with E-state index in [1.807, 2.05) is 16.7 Å². The normalized spacial score (nSPS) is 25.3. The second-order valence-electron chi connectivity index (χ2n) is 4.42. The first-order valence-electron chi connectivity index (χ1n) is 5.04. The molecule has 0 aromatic carbocycles. The zero-order valence-corrected chi connectivity index (χ0v) is 9.19. The van der Waals surface area contributed by atoms with Crippen molar-refractivity contribution < 1.29 is 4.79 Å². The summed E-state index contributed by atoms with van der Waals surface area (Å²) in [4.78, 5) is 14.1. The molecule has 0 aromatic heterocycles. The van der Waals surface area contributed by atoms with Crippen molar-refractivity contribution in [2.24, 2.45) is 11.3 Å². The highest BCUT2D eigenvalue weighted by molar-refractivity contribution is 7.99. The smallest absolute Gasteiger partial charge is 0.229 e. The molecule has 1 aliphatic heterocycles. The Morgan fingerprint density at radius 3 is 2.54 bits per heavy atom. The Labute approximate surface area is 84.1 Å². The number of carbonyl (C=O) groups is 1. The second kappa shape index (κ2) is 3.19. The fraction of sp³-hybridized carbons (Fsp3) is 0.900. The van der Waals surface area contributed by atoms with Gasteiger partial charge >= 0.3 is 0 Å². The summed E-state index contributed by atoms with van der Waals surface area (Å²) < 4.78 is 0. The Balaban J connectivity index is 2.03. The number of rotatable bonds is 2. The van der Waals surface area contributed by atoms with Crippen LogP contribution in [-0.2, 0) is 4.79 Å². The molecule has 0 atom stereocenters. The molecule has 74 valence electrons. The van der Waals surface area contributed by atoms with Gasteiger partial charge in [0.05, 0.1) is 11.3 Å². The van der Waals surface area contributed by atoms with E-state index in [-0.39, 0.29) is 5.41 Å². The highest BCUT2D eigenvalue weighted by atomic mass is 32.2. The molecule has 1 heterocycles. The lowest BCUT2D eigenvalue weighted by Crippen LogP contribution is -2.37. The van der Waals surface area contributed by atoms with Crippen molar-refractivity contribution in [1.82, 2.24) is 4.90 Å². The van der Waals surface area contributed by atoms with Crippen LogP contribution in [0.4, 0.5) is 0 Å². The summed E-state index contributed by atoms with van der Waals surface area (Å²) in [6.45, 7) is 5.32. The van der Waals surface area contributed by atoms with Crippen LogP contribution >= 0.6 is 11.8 Å². The topological polar surface area (TPSA) is 20.3 Å². The molecule has 2 rings (SSSR count). The maximum atomic E-state index is 12.1. The third kappa shape index (κ3) is 1.47. The van der Waals surface area contributed by atoms with Crippen molar-refractivity contribution in [2.75, 3.05) is 18.2 Å². The maximum Gasteiger partial charge on any atom is 0.229 e. The molecule has 2 aliphatic rings. The molecular formula is C10H17NOS. The van der Waals surface area contributed by atoms with Crippen LogP contribution in [0.5, 0.6) is 0 Å². The van der Waals surface area contributed by atoms with E-state index in [4.69, 9.17) is 0 Å². The van der Waals surface area contributed by atoms with Crippen LogP contribution < -0.4 is 0 Å². The third-order valence-electron chi connectivity index (χ3n) is 3.36. The molecule has 0 unspecified atom stereocenters. The van der Waals surface area contributed by atoms with Crippen LogP contribution in [0.15, 0.2) is 0 Å². The Hall–Kier alpha value is -0.180. The molecule has 1 aliphatic carbocycles. The van der Waals surface area contributed by atoms with Crippen LogP contribution in [0.3, 0.4) is 0 Å². The predicted octanol–water partition coefficient (Wildman–Crippen LogP) is 1.96. The van der Waals surface area contributed by atoms with Crippen molar-refractivity contribution in [3.8, 4) is 0 Å². The van der Waals surface area contributed by atoms with Gasteiger partial charge in [0.1, 0.15) is 0 Å². The van der Waals surface area contributed by atoms with Gasteiger partial charge in [0.15, 0.2) is 0 Å². The standard InChI is InChI=1S/C10H17NOS/c1-8(2)10(3-4-10)9(12)11-5-6-13-7-11/h8H,3-7H2,1-2H3. The minimum absolute atomic E-state index is 0.0465. The molecule has 0 aromatic rings. The Morgan fingerprint density at radius 2 is 2.15 bits per heavy atom. The number of thioether (sulfide) groups is 1. The molecule has 2 fully saturated rings. The van der Waals surface area contributed by atoms with E-state index in [1.54, 1.807) is 0 Å². The highest BCUT2D eigenvalue weighted by Crippen LogP contribution is 2.53. The van der Waals surface area contributed by atoms with E-state index in [0.29, 0.717) is 11.8 Å². The molecule has 1 amide bonds. The largest absolute Gasteiger partial charge is 0.332 e. The van der Waals surface area contributed by atoms with Crippen LogP contribution in [0, 0.1) is 11.3 Å². The fourth-order valence-electron chi connectivity index (χ4n) is 2.06. The predicted molar refractivity (Wildman–Crippen MR) is 55.5 cm³/mol. The highest BCUT2D eigenvalue weighted by Gasteiger charge is 2.53. The van der Waals surface area contributed by atoms with E-state index in [2.05, 4.69) is 13.8 Å². The average Bonchev–Trinajstić information content (AvgIpc) is 2.74. The van der Waals surface area contributed by atoms with Gasteiger partial charge in [-0.05, 0) is 18.8 Å². The summed E-state index contributed by atoms with van der Waals surface area (Å²) in [5, 5.41) is 0. The maximum absolute atomic E-state index is 12.1. The number of carbonyl (C=O) groups excluding carboxylic acids is 1. The minimum atomic E-state index is 0.0465. The van der Waals surface area contributed by atoms with Gasteiger partial charge in [-0.1, -0.05) is 13.8 Å². The minimum Gasteiger partial charge on any atom is -0.332 e. The SMILES string of the molecule is CC(C)C1(C(=O)N2CCSC2)CC1. The van der Waals surface area contributed by atoms with Crippen molar-refractivity contribution in [3.63, 3.8) is 0 Å². The van der Waals surface area contributed by atoms with Crippen molar-refractivity contribution in [1.29, 1.82) is 0 Å². The third-order valence-corrected chi connectivity index (χ3v) is 4.33. The first kappa shape index (κ1) is 9.38. The molecule has 13 heavy (non-hydrogen) atoms. The first-order chi connectivity index (χ1) is 6.17. The Morgan fingerprint density at radius 1 is 1.46 bits per heavy atom. The van der Waals surface area contributed by atoms with E-state index in [0.717, 1.165) is 31.0 Å². The van der Waals surface area contributed by atoms with Crippen LogP contribution in [0.25, 0.3) is 0 Å². The summed E-state index contributed by atoms with van der Waals surface area (Å²) in [6.07, 6.45) is 2.23. The zero-order valence-electron chi connectivity index (χ0n) is 8.38. The molecular weight excluding hydrogens is 182 g/mol. The molecule has 0 radical (unpaired) electrons. The molecule has 0 spiro atoms. The van der Waals surface area contributed by atoms with Gasteiger partial charge in [0.25, 0.3) is 0 Å². The van der Waals surface area contributed by atoms with Gasteiger partial charge < -0.3 is 4.90 Å². The average molecular weight is 199 g/mol. The zero-order chi connectivity index (χ0) is 9.47. The van der Waals surface area contributed by atoms with E-state index in [1.165, 1.54) is 0 Å². The van der Waals surface area contributed by atoms with Gasteiger partial charge in [-0.25, -0.2) is 0 Å². The molecule has 0 N–H and O–H groups in total. The molecule has 0 bridgehead atoms. The van der Waals surface area contributed by atoms with Gasteiger partial charge in [0.2, 0.25) is 5.91 Å². The fourth-order valence-corrected chi connectivity index (χ4v) is 3.01. The van der Waals surface area contributed by atoms with Crippen LogP contribution in [0.1, 0.15) is 26.7 Å². The first-order valence-corrected chi connectivity index (χ1v) is 6.19. The summed E-state index contributed by atoms with van der Waals surface area (Å²) >= 11 is 1.87. The molecule has 3 heteroatoms.